The maximum Gasteiger partial charge on any atom is 0.217 e. The summed E-state index contributed by atoms with van der Waals surface area (Å²) in [6.45, 7) is -1.02. The molecule has 3 heterocycles. The van der Waals surface area contributed by atoms with Crippen molar-refractivity contribution in [2.45, 2.75) is 99.0 Å². The van der Waals surface area contributed by atoms with Gasteiger partial charge in [-0.05, 0) is 0 Å². The van der Waals surface area contributed by atoms with E-state index in [-0.39, 0.29) is 0 Å². The number of aliphatic hydroxyl groups excluding tert-OH is 10. The number of carbonyl (C=O) groups is 1. The minimum atomic E-state index is -1.86. The molecule has 0 saturated carbocycles. The Balaban J connectivity index is 1.80. The van der Waals surface area contributed by atoms with Gasteiger partial charge in [0.1, 0.15) is 73.2 Å². The van der Waals surface area contributed by atoms with E-state index in [4.69, 9.17) is 23.7 Å². The van der Waals surface area contributed by atoms with E-state index in [0.29, 0.717) is 0 Å². The summed E-state index contributed by atoms with van der Waals surface area (Å²) in [6.07, 6.45) is -23.0. The number of hydrogen-bond donors (Lipinski definition) is 11. The van der Waals surface area contributed by atoms with Crippen molar-refractivity contribution in [2.24, 2.45) is 0 Å². The Hall–Kier alpha value is -1.13. The van der Waals surface area contributed by atoms with Crippen LogP contribution in [0.4, 0.5) is 0 Å². The Morgan fingerprint density at radius 2 is 1.24 bits per heavy atom. The van der Waals surface area contributed by atoms with Crippen molar-refractivity contribution in [2.75, 3.05) is 19.8 Å². The van der Waals surface area contributed by atoms with Gasteiger partial charge < -0.3 is 80.1 Å². The van der Waals surface area contributed by atoms with Gasteiger partial charge in [-0.2, -0.15) is 0 Å². The highest BCUT2D eigenvalue weighted by molar-refractivity contribution is 5.73. The number of carbonyl (C=O) groups excluding carboxylic acids is 1. The standard InChI is InChI=1S/C20H35NO16/c1-5(24)21-9-13(28)10(25)6(2-22)35-19(9)37-17-15(30)11(26)7(3-23)36-20(17)33-4-8-12(27)14(29)16(31)18(32)34-8/h6-20,22-23,25-32H,2-4H2,1H3,(H,21,24)/t6-,7-,8-,9-,10-,11-,12-,13-,14+,15+,16+,17+,18+,19+,20+/m1/s1. The van der Waals surface area contributed by atoms with E-state index in [2.05, 4.69) is 5.32 Å². The van der Waals surface area contributed by atoms with Crippen LogP contribution in [0.1, 0.15) is 6.92 Å². The fraction of sp³-hybridized carbons (Fsp3) is 0.950. The van der Waals surface area contributed by atoms with Crippen LogP contribution in [-0.4, -0.2) is 169 Å². The number of aliphatic hydroxyl groups is 10. The topological polar surface area (TPSA) is 278 Å². The molecule has 3 aliphatic rings. The van der Waals surface area contributed by atoms with Crippen molar-refractivity contribution in [1.82, 2.24) is 5.32 Å². The van der Waals surface area contributed by atoms with Gasteiger partial charge >= 0.3 is 0 Å². The molecule has 0 unspecified atom stereocenters. The average molecular weight is 545 g/mol. The summed E-state index contributed by atoms with van der Waals surface area (Å²) in [5, 5.41) is 102. The first-order valence-corrected chi connectivity index (χ1v) is 11.6. The largest absolute Gasteiger partial charge is 0.394 e. The van der Waals surface area contributed by atoms with Gasteiger partial charge in [0.15, 0.2) is 18.9 Å². The van der Waals surface area contributed by atoms with Gasteiger partial charge in [0, 0.05) is 6.92 Å². The molecular weight excluding hydrogens is 510 g/mol. The minimum absolute atomic E-state index is 0.616. The molecule has 37 heavy (non-hydrogen) atoms. The first-order chi connectivity index (χ1) is 17.4. The van der Waals surface area contributed by atoms with E-state index < -0.39 is 118 Å². The normalized spacial score (nSPS) is 49.0. The van der Waals surface area contributed by atoms with Crippen LogP contribution in [0.5, 0.6) is 0 Å². The van der Waals surface area contributed by atoms with Crippen molar-refractivity contribution in [3.63, 3.8) is 0 Å². The van der Waals surface area contributed by atoms with E-state index in [0.717, 1.165) is 6.92 Å². The Kier molecular flexibility index (Phi) is 10.5. The van der Waals surface area contributed by atoms with Gasteiger partial charge in [-0.3, -0.25) is 4.79 Å². The lowest BCUT2D eigenvalue weighted by Gasteiger charge is -2.47. The maximum absolute atomic E-state index is 11.7. The molecule has 216 valence electrons. The lowest BCUT2D eigenvalue weighted by atomic mass is 9.95. The third-order valence-corrected chi connectivity index (χ3v) is 6.48. The van der Waals surface area contributed by atoms with E-state index in [1.54, 1.807) is 0 Å². The molecule has 3 fully saturated rings. The maximum atomic E-state index is 11.7. The second-order valence-corrected chi connectivity index (χ2v) is 9.11. The zero-order valence-corrected chi connectivity index (χ0v) is 19.7. The number of hydrogen-bond acceptors (Lipinski definition) is 16. The van der Waals surface area contributed by atoms with Crippen LogP contribution >= 0.6 is 0 Å². The molecule has 1 amide bonds. The second kappa shape index (κ2) is 12.8. The molecule has 0 spiro atoms. The van der Waals surface area contributed by atoms with E-state index >= 15 is 0 Å². The first-order valence-electron chi connectivity index (χ1n) is 11.6. The molecule has 17 heteroatoms. The lowest BCUT2D eigenvalue weighted by Crippen LogP contribution is -2.67. The van der Waals surface area contributed by atoms with Crippen LogP contribution in [0.25, 0.3) is 0 Å². The molecule has 11 N–H and O–H groups in total. The number of amides is 1. The summed E-state index contributed by atoms with van der Waals surface area (Å²) in [5.74, 6) is -0.646. The fourth-order valence-electron chi connectivity index (χ4n) is 4.34. The summed E-state index contributed by atoms with van der Waals surface area (Å²) >= 11 is 0. The van der Waals surface area contributed by atoms with E-state index in [1.165, 1.54) is 0 Å². The van der Waals surface area contributed by atoms with Crippen LogP contribution in [0.2, 0.25) is 0 Å². The minimum Gasteiger partial charge on any atom is -0.394 e. The van der Waals surface area contributed by atoms with Crippen LogP contribution in [-0.2, 0) is 28.5 Å². The van der Waals surface area contributed by atoms with Gasteiger partial charge in [0.25, 0.3) is 0 Å². The smallest absolute Gasteiger partial charge is 0.217 e. The quantitative estimate of drug-likeness (QED) is 0.135. The molecular formula is C20H35NO16. The summed E-state index contributed by atoms with van der Waals surface area (Å²) in [5.41, 5.74) is 0. The molecule has 0 aromatic heterocycles. The summed E-state index contributed by atoms with van der Waals surface area (Å²) in [4.78, 5) is 11.7. The Morgan fingerprint density at radius 3 is 1.81 bits per heavy atom. The van der Waals surface area contributed by atoms with Crippen molar-refractivity contribution < 1.29 is 79.5 Å². The average Bonchev–Trinajstić information content (AvgIpc) is 2.86. The molecule has 0 bridgehead atoms. The summed E-state index contributed by atoms with van der Waals surface area (Å²) in [6, 6.07) is -1.41. The fourth-order valence-corrected chi connectivity index (χ4v) is 4.34. The zero-order chi connectivity index (χ0) is 27.6. The van der Waals surface area contributed by atoms with Crippen molar-refractivity contribution in [3.8, 4) is 0 Å². The monoisotopic (exact) mass is 545 g/mol. The van der Waals surface area contributed by atoms with Gasteiger partial charge in [0.05, 0.1) is 19.8 Å². The SMILES string of the molecule is CC(=O)N[C@H]1[C@H](O[C@@H]2[C@@H](OC[C@H]3O[C@H](O)[C@@H](O)[C@@H](O)[C@@H]3O)O[C@H](CO)[C@@H](O)[C@@H]2O)O[C@H](CO)[C@@H](O)[C@@H]1O. The molecule has 3 rings (SSSR count). The molecule has 0 radical (unpaired) electrons. The molecule has 3 aliphatic heterocycles. The van der Waals surface area contributed by atoms with Gasteiger partial charge in [0.2, 0.25) is 5.91 Å². The zero-order valence-electron chi connectivity index (χ0n) is 19.7. The molecule has 0 aromatic rings. The van der Waals surface area contributed by atoms with Crippen molar-refractivity contribution in [3.05, 3.63) is 0 Å². The molecule has 0 aromatic carbocycles. The molecule has 17 nitrogen and oxygen atoms in total. The van der Waals surface area contributed by atoms with Gasteiger partial charge in [-0.25, -0.2) is 0 Å². The predicted octanol–water partition coefficient (Wildman–Crippen LogP) is -7.43. The molecule has 3 saturated heterocycles. The van der Waals surface area contributed by atoms with E-state index in [9.17, 15) is 55.9 Å². The summed E-state index contributed by atoms with van der Waals surface area (Å²) < 4.78 is 27.2. The van der Waals surface area contributed by atoms with Crippen LogP contribution in [0, 0.1) is 0 Å². The highest BCUT2D eigenvalue weighted by Crippen LogP contribution is 2.30. The van der Waals surface area contributed by atoms with E-state index in [1.807, 2.05) is 0 Å². The van der Waals surface area contributed by atoms with Crippen LogP contribution in [0.3, 0.4) is 0 Å². The third-order valence-electron chi connectivity index (χ3n) is 6.48. The third kappa shape index (κ3) is 6.55. The van der Waals surface area contributed by atoms with Crippen LogP contribution < -0.4 is 5.32 Å². The molecule has 15 atom stereocenters. The number of rotatable bonds is 8. The highest BCUT2D eigenvalue weighted by Gasteiger charge is 2.52. The number of ether oxygens (including phenoxy) is 5. The van der Waals surface area contributed by atoms with Crippen LogP contribution in [0.15, 0.2) is 0 Å². The number of nitrogens with one attached hydrogen (secondary N) is 1. The Morgan fingerprint density at radius 1 is 0.703 bits per heavy atom. The van der Waals surface area contributed by atoms with Crippen molar-refractivity contribution in [1.29, 1.82) is 0 Å². The second-order valence-electron chi connectivity index (χ2n) is 9.11. The Bertz CT molecular complexity index is 747. The van der Waals surface area contributed by atoms with Gasteiger partial charge in [-0.15, -0.1) is 0 Å². The van der Waals surface area contributed by atoms with Crippen molar-refractivity contribution >= 4 is 5.91 Å². The molecule has 0 aliphatic carbocycles. The van der Waals surface area contributed by atoms with Gasteiger partial charge in [-0.1, -0.05) is 0 Å². The summed E-state index contributed by atoms with van der Waals surface area (Å²) in [7, 11) is 0. The predicted molar refractivity (Wildman–Crippen MR) is 113 cm³/mol. The highest BCUT2D eigenvalue weighted by atomic mass is 16.8. The first kappa shape index (κ1) is 30.4. The Labute approximate surface area is 210 Å². The lowest BCUT2D eigenvalue weighted by molar-refractivity contribution is -0.362.